The molecule has 0 bridgehead atoms. The van der Waals surface area contributed by atoms with Gasteiger partial charge in [0.25, 0.3) is 0 Å². The average Bonchev–Trinajstić information content (AvgIpc) is 2.90. The Bertz CT molecular complexity index is 617. The smallest absolute Gasteiger partial charge is 0.373 e. The molecule has 0 amide bonds. The largest absolute Gasteiger partial charge is 0.463 e. The quantitative estimate of drug-likeness (QED) is 0.757. The summed E-state index contributed by atoms with van der Waals surface area (Å²) in [5, 5.41) is 3.30. The van der Waals surface area contributed by atoms with Crippen LogP contribution in [0.5, 0.6) is 0 Å². The summed E-state index contributed by atoms with van der Waals surface area (Å²) in [4.78, 5) is 11.4. The first-order valence-corrected chi connectivity index (χ1v) is 8.81. The number of rotatable bonds is 6. The molecule has 2 rings (SSSR count). The van der Waals surface area contributed by atoms with Gasteiger partial charge in [-0.1, -0.05) is 0 Å². The predicted molar refractivity (Wildman–Crippen MR) is 80.2 cm³/mol. The Kier molecular flexibility index (Phi) is 5.60. The van der Waals surface area contributed by atoms with Crippen LogP contribution in [0, 0.1) is 12.8 Å². The molecule has 2 heterocycles. The molecule has 1 unspecified atom stereocenters. The van der Waals surface area contributed by atoms with Gasteiger partial charge in [-0.15, -0.1) is 0 Å². The van der Waals surface area contributed by atoms with Crippen molar-refractivity contribution in [1.82, 2.24) is 10.0 Å². The van der Waals surface area contributed by atoms with E-state index in [0.717, 1.165) is 32.4 Å². The molecule has 0 saturated carbocycles. The van der Waals surface area contributed by atoms with Gasteiger partial charge in [0, 0.05) is 12.6 Å². The minimum atomic E-state index is -3.68. The second-order valence-corrected chi connectivity index (χ2v) is 7.16. The summed E-state index contributed by atoms with van der Waals surface area (Å²) in [6, 6.07) is 1.20. The molecule has 124 valence electrons. The fraction of sp³-hybridized carbons (Fsp3) is 0.643. The number of methoxy groups -OCH3 is 1. The summed E-state index contributed by atoms with van der Waals surface area (Å²) in [6.45, 7) is 3.84. The molecule has 1 aromatic rings. The molecule has 1 aliphatic heterocycles. The Morgan fingerprint density at radius 2 is 2.32 bits per heavy atom. The monoisotopic (exact) mass is 330 g/mol. The van der Waals surface area contributed by atoms with Crippen molar-refractivity contribution in [1.29, 1.82) is 0 Å². The van der Waals surface area contributed by atoms with Gasteiger partial charge in [0.2, 0.25) is 15.8 Å². The van der Waals surface area contributed by atoms with Gasteiger partial charge in [0.1, 0.15) is 10.7 Å². The van der Waals surface area contributed by atoms with Gasteiger partial charge >= 0.3 is 5.97 Å². The van der Waals surface area contributed by atoms with Crippen LogP contribution in [0.2, 0.25) is 0 Å². The lowest BCUT2D eigenvalue weighted by atomic mass is 9.96. The van der Waals surface area contributed by atoms with E-state index in [1.54, 1.807) is 0 Å². The molecule has 0 aromatic carbocycles. The first kappa shape index (κ1) is 17.0. The fourth-order valence-corrected chi connectivity index (χ4v) is 3.80. The fourth-order valence-electron chi connectivity index (χ4n) is 2.58. The summed E-state index contributed by atoms with van der Waals surface area (Å²) < 4.78 is 36.8. The van der Waals surface area contributed by atoms with Crippen molar-refractivity contribution in [2.75, 3.05) is 26.7 Å². The van der Waals surface area contributed by atoms with E-state index in [2.05, 4.69) is 14.8 Å². The molecule has 0 radical (unpaired) electrons. The molecule has 0 spiro atoms. The van der Waals surface area contributed by atoms with Gasteiger partial charge in [-0.3, -0.25) is 0 Å². The Labute approximate surface area is 130 Å². The maximum atomic E-state index is 12.3. The third-order valence-corrected chi connectivity index (χ3v) is 5.36. The molecule has 2 N–H and O–H groups in total. The van der Waals surface area contributed by atoms with E-state index in [1.165, 1.54) is 20.1 Å². The third-order valence-electron chi connectivity index (χ3n) is 3.79. The van der Waals surface area contributed by atoms with Crippen molar-refractivity contribution in [3.05, 3.63) is 17.6 Å². The molecule has 22 heavy (non-hydrogen) atoms. The lowest BCUT2D eigenvalue weighted by molar-refractivity contribution is 0.0563. The molecule has 7 nitrogen and oxygen atoms in total. The van der Waals surface area contributed by atoms with Crippen LogP contribution >= 0.6 is 0 Å². The van der Waals surface area contributed by atoms with Gasteiger partial charge < -0.3 is 14.5 Å². The zero-order valence-corrected chi connectivity index (χ0v) is 13.7. The highest BCUT2D eigenvalue weighted by molar-refractivity contribution is 7.89. The van der Waals surface area contributed by atoms with Crippen LogP contribution in [0.4, 0.5) is 0 Å². The van der Waals surface area contributed by atoms with Crippen molar-refractivity contribution < 1.29 is 22.4 Å². The molecule has 0 aliphatic carbocycles. The molecular formula is C14H22N2O5S. The topological polar surface area (TPSA) is 97.6 Å². The minimum absolute atomic E-state index is 0.0188. The molecule has 1 atom stereocenters. The van der Waals surface area contributed by atoms with Gasteiger partial charge in [-0.25, -0.2) is 17.9 Å². The maximum Gasteiger partial charge on any atom is 0.373 e. The average molecular weight is 330 g/mol. The Morgan fingerprint density at radius 3 is 2.95 bits per heavy atom. The SMILES string of the molecule is COC(=O)c1cc(S(=O)(=O)NCCC2CCCNC2)c(C)o1. The first-order chi connectivity index (χ1) is 10.4. The number of furan rings is 1. The molecule has 1 fully saturated rings. The number of carbonyl (C=O) groups is 1. The highest BCUT2D eigenvalue weighted by Gasteiger charge is 2.24. The summed E-state index contributed by atoms with van der Waals surface area (Å²) >= 11 is 0. The number of piperidine rings is 1. The molecule has 1 saturated heterocycles. The predicted octanol–water partition coefficient (Wildman–Crippen LogP) is 1.04. The van der Waals surface area contributed by atoms with Crippen molar-refractivity contribution in [2.24, 2.45) is 5.92 Å². The summed E-state index contributed by atoms with van der Waals surface area (Å²) in [6.07, 6.45) is 3.03. The highest BCUT2D eigenvalue weighted by Crippen LogP contribution is 2.21. The summed E-state index contributed by atoms with van der Waals surface area (Å²) in [5.41, 5.74) is 0. The Morgan fingerprint density at radius 1 is 1.55 bits per heavy atom. The van der Waals surface area contributed by atoms with E-state index in [9.17, 15) is 13.2 Å². The molecule has 1 aliphatic rings. The maximum absolute atomic E-state index is 12.3. The lowest BCUT2D eigenvalue weighted by Gasteiger charge is -2.22. The van der Waals surface area contributed by atoms with E-state index in [4.69, 9.17) is 4.42 Å². The summed E-state index contributed by atoms with van der Waals surface area (Å²) in [5.74, 6) is -0.144. The number of hydrogen-bond acceptors (Lipinski definition) is 6. The van der Waals surface area contributed by atoms with Gasteiger partial charge in [-0.2, -0.15) is 0 Å². The van der Waals surface area contributed by atoms with Crippen LogP contribution in [0.25, 0.3) is 0 Å². The molecular weight excluding hydrogens is 308 g/mol. The number of nitrogens with one attached hydrogen (secondary N) is 2. The summed E-state index contributed by atoms with van der Waals surface area (Å²) in [7, 11) is -2.47. The van der Waals surface area contributed by atoms with Gasteiger partial charge in [0.05, 0.1) is 7.11 Å². The van der Waals surface area contributed by atoms with Gasteiger partial charge in [0.15, 0.2) is 0 Å². The van der Waals surface area contributed by atoms with Crippen LogP contribution < -0.4 is 10.0 Å². The number of esters is 1. The van der Waals surface area contributed by atoms with E-state index in [0.29, 0.717) is 12.5 Å². The number of carbonyl (C=O) groups excluding carboxylic acids is 1. The van der Waals surface area contributed by atoms with E-state index < -0.39 is 16.0 Å². The second kappa shape index (κ2) is 7.26. The zero-order valence-electron chi connectivity index (χ0n) is 12.8. The Balaban J connectivity index is 1.97. The lowest BCUT2D eigenvalue weighted by Crippen LogP contribution is -2.33. The number of ether oxygens (including phenoxy) is 1. The second-order valence-electron chi connectivity index (χ2n) is 5.42. The molecule has 8 heteroatoms. The van der Waals surface area contributed by atoms with E-state index in [1.807, 2.05) is 0 Å². The highest BCUT2D eigenvalue weighted by atomic mass is 32.2. The van der Waals surface area contributed by atoms with Crippen molar-refractivity contribution in [2.45, 2.75) is 31.1 Å². The van der Waals surface area contributed by atoms with Crippen LogP contribution in [-0.2, 0) is 14.8 Å². The van der Waals surface area contributed by atoms with Crippen LogP contribution in [-0.4, -0.2) is 41.1 Å². The van der Waals surface area contributed by atoms with Crippen LogP contribution in [0.3, 0.4) is 0 Å². The van der Waals surface area contributed by atoms with Crippen molar-refractivity contribution in [3.8, 4) is 0 Å². The number of hydrogen-bond donors (Lipinski definition) is 2. The van der Waals surface area contributed by atoms with Crippen LogP contribution in [0.1, 0.15) is 35.6 Å². The van der Waals surface area contributed by atoms with E-state index >= 15 is 0 Å². The Hall–Kier alpha value is -1.38. The van der Waals surface area contributed by atoms with E-state index in [-0.39, 0.29) is 16.4 Å². The van der Waals surface area contributed by atoms with Gasteiger partial charge in [-0.05, 0) is 45.2 Å². The molecule has 1 aromatic heterocycles. The van der Waals surface area contributed by atoms with Crippen LogP contribution in [0.15, 0.2) is 15.4 Å². The zero-order chi connectivity index (χ0) is 16.2. The minimum Gasteiger partial charge on any atom is -0.463 e. The van der Waals surface area contributed by atoms with Crippen molar-refractivity contribution in [3.63, 3.8) is 0 Å². The third kappa shape index (κ3) is 4.08. The standard InChI is InChI=1S/C14H22N2O5S/c1-10-13(8-12(21-10)14(17)20-2)22(18,19)16-7-5-11-4-3-6-15-9-11/h8,11,15-16H,3-7,9H2,1-2H3. The number of sulfonamides is 1. The normalized spacial score (nSPS) is 19.1. The number of aryl methyl sites for hydroxylation is 1. The first-order valence-electron chi connectivity index (χ1n) is 7.33. The van der Waals surface area contributed by atoms with Crippen molar-refractivity contribution >= 4 is 16.0 Å².